The summed E-state index contributed by atoms with van der Waals surface area (Å²) >= 11 is 3.61. The molecule has 0 radical (unpaired) electrons. The van der Waals surface area contributed by atoms with E-state index < -0.39 is 29.0 Å². The number of carbonyl (C=O) groups excluding carboxylic acids is 3. The predicted octanol–water partition coefficient (Wildman–Crippen LogP) is 7.62. The minimum atomic E-state index is -0.871. The van der Waals surface area contributed by atoms with Crippen LogP contribution in [0.25, 0.3) is 10.8 Å². The van der Waals surface area contributed by atoms with Gasteiger partial charge in [0.1, 0.15) is 16.8 Å². The molecule has 41 heavy (non-hydrogen) atoms. The number of piperidine rings is 1. The predicted molar refractivity (Wildman–Crippen MR) is 163 cm³/mol. The molecule has 2 aromatic rings. The van der Waals surface area contributed by atoms with Gasteiger partial charge in [-0.2, -0.15) is 4.90 Å². The van der Waals surface area contributed by atoms with E-state index in [0.29, 0.717) is 16.8 Å². The Hall–Kier alpha value is -2.72. The van der Waals surface area contributed by atoms with E-state index in [2.05, 4.69) is 31.9 Å². The molecule has 1 saturated heterocycles. The molecule has 0 N–H and O–H groups in total. The summed E-state index contributed by atoms with van der Waals surface area (Å²) in [5.41, 5.74) is -1.03. The average Bonchev–Trinajstić information content (AvgIpc) is 2.79. The molecule has 0 aliphatic carbocycles. The Bertz CT molecular complexity index is 1240. The van der Waals surface area contributed by atoms with Gasteiger partial charge in [0, 0.05) is 29.9 Å². The van der Waals surface area contributed by atoms with Gasteiger partial charge in [-0.1, -0.05) is 12.1 Å². The molecule has 1 aliphatic heterocycles. The summed E-state index contributed by atoms with van der Waals surface area (Å²) in [6.45, 7) is 18.6. The molecular weight excluding hydrogens is 590 g/mol. The molecule has 1 aromatic heterocycles. The third-order valence-electron chi connectivity index (χ3n) is 6.23. The number of fused-ring (bicyclic) bond motifs is 1. The summed E-state index contributed by atoms with van der Waals surface area (Å²) in [5, 5.41) is 1.67. The van der Waals surface area contributed by atoms with E-state index in [1.54, 1.807) is 47.7 Å². The van der Waals surface area contributed by atoms with Gasteiger partial charge in [0.25, 0.3) is 0 Å². The van der Waals surface area contributed by atoms with Crippen molar-refractivity contribution in [2.45, 2.75) is 105 Å². The van der Waals surface area contributed by atoms with Crippen molar-refractivity contribution in [3.8, 4) is 0 Å². The lowest BCUT2D eigenvalue weighted by Gasteiger charge is -2.32. The molecule has 2 amide bonds. The lowest BCUT2D eigenvalue weighted by atomic mass is 9.93. The van der Waals surface area contributed by atoms with Crippen LogP contribution in [0.2, 0.25) is 0 Å². The Kier molecular flexibility index (Phi) is 10.1. The van der Waals surface area contributed by atoms with E-state index in [9.17, 15) is 14.4 Å². The summed E-state index contributed by atoms with van der Waals surface area (Å²) in [5.74, 6) is 0.292. The van der Waals surface area contributed by atoms with Crippen LogP contribution in [0.4, 0.5) is 15.4 Å². The van der Waals surface area contributed by atoms with E-state index in [4.69, 9.17) is 14.2 Å². The van der Waals surface area contributed by atoms with Crippen molar-refractivity contribution < 1.29 is 28.6 Å². The maximum atomic E-state index is 13.2. The second-order valence-corrected chi connectivity index (χ2v) is 14.4. The van der Waals surface area contributed by atoms with Gasteiger partial charge in [0.2, 0.25) is 0 Å². The lowest BCUT2D eigenvalue weighted by molar-refractivity contribution is -0.156. The number of amides is 2. The lowest BCUT2D eigenvalue weighted by Crippen LogP contribution is -2.44. The summed E-state index contributed by atoms with van der Waals surface area (Å²) < 4.78 is 17.0. The molecule has 0 spiro atoms. The third-order valence-corrected chi connectivity index (χ3v) is 7.01. The number of hydrogen-bond acceptors (Lipinski definition) is 8. The fourth-order valence-electron chi connectivity index (χ4n) is 4.56. The monoisotopic (exact) mass is 633 g/mol. The van der Waals surface area contributed by atoms with Crippen molar-refractivity contribution in [1.82, 2.24) is 9.88 Å². The molecule has 3 rings (SSSR count). The van der Waals surface area contributed by atoms with E-state index in [0.717, 1.165) is 53.7 Å². The van der Waals surface area contributed by atoms with E-state index in [1.807, 2.05) is 32.9 Å². The molecule has 1 fully saturated rings. The molecule has 0 bridgehead atoms. The van der Waals surface area contributed by atoms with Crippen LogP contribution in [0, 0.1) is 5.92 Å². The number of esters is 1. The van der Waals surface area contributed by atoms with Crippen molar-refractivity contribution in [1.29, 1.82) is 0 Å². The Balaban J connectivity index is 1.80. The molecule has 1 aliphatic rings. The minimum absolute atomic E-state index is 0.0982. The smallest absolute Gasteiger partial charge is 0.425 e. The number of imide groups is 1. The van der Waals surface area contributed by atoms with Crippen molar-refractivity contribution in [2.75, 3.05) is 18.0 Å². The van der Waals surface area contributed by atoms with Crippen LogP contribution in [-0.4, -0.2) is 57.9 Å². The molecule has 9 nitrogen and oxygen atoms in total. The molecule has 0 unspecified atom stereocenters. The highest BCUT2D eigenvalue weighted by molar-refractivity contribution is 9.10. The van der Waals surface area contributed by atoms with Crippen LogP contribution in [0.3, 0.4) is 0 Å². The van der Waals surface area contributed by atoms with Crippen LogP contribution in [-0.2, 0) is 25.5 Å². The Morgan fingerprint density at radius 1 is 0.902 bits per heavy atom. The Morgan fingerprint density at radius 3 is 1.95 bits per heavy atom. The first-order chi connectivity index (χ1) is 18.8. The van der Waals surface area contributed by atoms with Crippen molar-refractivity contribution >= 4 is 50.7 Å². The number of pyridine rings is 1. The fourth-order valence-corrected chi connectivity index (χ4v) is 5.18. The first kappa shape index (κ1) is 32.8. The summed E-state index contributed by atoms with van der Waals surface area (Å²) in [7, 11) is 0. The quantitative estimate of drug-likeness (QED) is 0.245. The number of benzene rings is 1. The van der Waals surface area contributed by atoms with Crippen molar-refractivity contribution in [2.24, 2.45) is 5.92 Å². The van der Waals surface area contributed by atoms with Gasteiger partial charge in [0.15, 0.2) is 5.82 Å². The van der Waals surface area contributed by atoms with Crippen LogP contribution < -0.4 is 4.90 Å². The van der Waals surface area contributed by atoms with Crippen molar-refractivity contribution in [3.05, 3.63) is 34.4 Å². The number of halogens is 1. The maximum Gasteiger partial charge on any atom is 0.425 e. The van der Waals surface area contributed by atoms with Gasteiger partial charge >= 0.3 is 18.2 Å². The largest absolute Gasteiger partial charge is 0.460 e. The topological polar surface area (TPSA) is 98.3 Å². The van der Waals surface area contributed by atoms with Gasteiger partial charge in [-0.3, -0.25) is 9.69 Å². The second-order valence-electron chi connectivity index (χ2n) is 13.6. The molecule has 0 saturated carbocycles. The summed E-state index contributed by atoms with van der Waals surface area (Å²) in [4.78, 5) is 46.2. The number of nitrogens with zero attached hydrogens (tertiary/aromatic N) is 3. The minimum Gasteiger partial charge on any atom is -0.460 e. The molecule has 1 aromatic carbocycles. The number of anilines is 1. The van der Waals surface area contributed by atoms with Gasteiger partial charge in [-0.05, 0) is 122 Å². The van der Waals surface area contributed by atoms with Gasteiger partial charge < -0.3 is 14.2 Å². The number of likely N-dealkylation sites (tertiary alicyclic amines) is 1. The molecule has 2 heterocycles. The zero-order valence-corrected chi connectivity index (χ0v) is 27.4. The first-order valence-electron chi connectivity index (χ1n) is 14.1. The van der Waals surface area contributed by atoms with E-state index >= 15 is 0 Å². The number of aromatic nitrogens is 1. The van der Waals surface area contributed by atoms with E-state index in [1.165, 1.54) is 0 Å². The molecule has 226 valence electrons. The summed E-state index contributed by atoms with van der Waals surface area (Å²) in [6.07, 6.45) is 2.21. The average molecular weight is 635 g/mol. The number of hydrogen-bond donors (Lipinski definition) is 0. The number of ether oxygens (including phenoxy) is 3. The molecule has 0 atom stereocenters. The van der Waals surface area contributed by atoms with Gasteiger partial charge in [-0.15, -0.1) is 0 Å². The number of rotatable bonds is 5. The third kappa shape index (κ3) is 9.95. The van der Waals surface area contributed by atoms with Crippen LogP contribution in [0.1, 0.15) is 87.1 Å². The first-order valence-corrected chi connectivity index (χ1v) is 14.9. The van der Waals surface area contributed by atoms with Crippen molar-refractivity contribution in [3.63, 3.8) is 0 Å². The highest BCUT2D eigenvalue weighted by atomic mass is 79.9. The molecular formula is C31H44BrN3O6. The summed E-state index contributed by atoms with van der Waals surface area (Å²) in [6, 6.07) is 6.08. The zero-order chi connectivity index (χ0) is 30.8. The van der Waals surface area contributed by atoms with Crippen LogP contribution >= 0.6 is 15.9 Å². The standard InChI is InChI=1S/C31H44BrN3O6/c1-29(2,3)39-24(36)17-20-12-14-34(15-13-20)19-21-10-11-22-18-33-26(25(32)23(22)16-21)35(27(37)40-30(4,5)6)28(38)41-31(7,8)9/h10-11,16,18,20H,12-15,17,19H2,1-9H3. The van der Waals surface area contributed by atoms with Crippen LogP contribution in [0.5, 0.6) is 0 Å². The number of carbonyl (C=O) groups is 3. The van der Waals surface area contributed by atoms with Gasteiger partial charge in [-0.25, -0.2) is 14.6 Å². The van der Waals surface area contributed by atoms with Gasteiger partial charge in [0.05, 0.1) is 4.47 Å². The second kappa shape index (κ2) is 12.7. The molecule has 10 heteroatoms. The normalized spacial score (nSPS) is 15.5. The Labute approximate surface area is 252 Å². The highest BCUT2D eigenvalue weighted by Crippen LogP contribution is 2.34. The van der Waals surface area contributed by atoms with E-state index in [-0.39, 0.29) is 11.8 Å². The van der Waals surface area contributed by atoms with Crippen LogP contribution in [0.15, 0.2) is 28.9 Å². The SMILES string of the molecule is CC(C)(C)OC(=O)CC1CCN(Cc2ccc3cnc(N(C(=O)OC(C)(C)C)C(=O)OC(C)(C)C)c(Br)c3c2)CC1. The Morgan fingerprint density at radius 2 is 1.44 bits per heavy atom. The highest BCUT2D eigenvalue weighted by Gasteiger charge is 2.35. The fraction of sp³-hybridized carbons (Fsp3) is 0.613. The zero-order valence-electron chi connectivity index (χ0n) is 25.8. The maximum absolute atomic E-state index is 13.2.